The molecule has 2 fully saturated rings. The lowest BCUT2D eigenvalue weighted by Crippen LogP contribution is -2.42. The molecule has 2 rings (SSSR count). The Balaban J connectivity index is 2.00. The van der Waals surface area contributed by atoms with Crippen LogP contribution in [-0.2, 0) is 0 Å². The van der Waals surface area contributed by atoms with Gasteiger partial charge in [0.05, 0.1) is 11.7 Å². The van der Waals surface area contributed by atoms with Crippen molar-refractivity contribution in [2.45, 2.75) is 91.3 Å². The third-order valence-corrected chi connectivity index (χ3v) is 6.91. The lowest BCUT2D eigenvalue weighted by atomic mass is 9.60. The molecule has 2 saturated carbocycles. The van der Waals surface area contributed by atoms with Crippen LogP contribution >= 0.6 is 0 Å². The molecule has 124 valence electrons. The zero-order chi connectivity index (χ0) is 15.8. The van der Waals surface area contributed by atoms with Crippen molar-refractivity contribution in [1.82, 2.24) is 0 Å². The van der Waals surface area contributed by atoms with Crippen LogP contribution in [0.2, 0.25) is 0 Å². The van der Waals surface area contributed by atoms with Gasteiger partial charge in [0, 0.05) is 0 Å². The summed E-state index contributed by atoms with van der Waals surface area (Å²) in [5.74, 6) is 2.61. The zero-order valence-electron chi connectivity index (χ0n) is 14.7. The molecule has 0 aromatic heterocycles. The molecule has 0 heterocycles. The first-order chi connectivity index (χ1) is 9.65. The van der Waals surface area contributed by atoms with E-state index >= 15 is 0 Å². The molecule has 0 aromatic carbocycles. The summed E-state index contributed by atoms with van der Waals surface area (Å²) >= 11 is 0. The fraction of sp³-hybridized carbons (Fsp3) is 1.00. The van der Waals surface area contributed by atoms with Gasteiger partial charge in [0.2, 0.25) is 0 Å². The van der Waals surface area contributed by atoms with E-state index < -0.39 is 5.60 Å². The SMILES string of the molecule is C[C@@H]([C@H](C)CCC(C)(C)O)[C@H]1CC[C@H]2[C@@H](O)CCC[C@]12C. The largest absolute Gasteiger partial charge is 0.393 e. The summed E-state index contributed by atoms with van der Waals surface area (Å²) in [4.78, 5) is 0. The summed E-state index contributed by atoms with van der Waals surface area (Å²) in [7, 11) is 0. The lowest BCUT2D eigenvalue weighted by Gasteiger charge is -2.46. The Morgan fingerprint density at radius 3 is 2.48 bits per heavy atom. The average Bonchev–Trinajstić information content (AvgIpc) is 2.73. The summed E-state index contributed by atoms with van der Waals surface area (Å²) < 4.78 is 0. The predicted molar refractivity (Wildman–Crippen MR) is 88.0 cm³/mol. The molecule has 21 heavy (non-hydrogen) atoms. The van der Waals surface area contributed by atoms with E-state index in [1.807, 2.05) is 13.8 Å². The van der Waals surface area contributed by atoms with Crippen LogP contribution in [0.1, 0.15) is 79.6 Å². The molecule has 0 bridgehead atoms. The Morgan fingerprint density at radius 1 is 1.19 bits per heavy atom. The summed E-state index contributed by atoms with van der Waals surface area (Å²) in [6, 6.07) is 0. The third kappa shape index (κ3) is 3.64. The minimum absolute atomic E-state index is 0.0624. The molecule has 2 N–H and O–H groups in total. The van der Waals surface area contributed by atoms with Crippen molar-refractivity contribution in [3.8, 4) is 0 Å². The van der Waals surface area contributed by atoms with Crippen LogP contribution in [0.4, 0.5) is 0 Å². The number of aliphatic hydroxyl groups excluding tert-OH is 1. The van der Waals surface area contributed by atoms with Crippen molar-refractivity contribution in [3.63, 3.8) is 0 Å². The average molecular weight is 296 g/mol. The topological polar surface area (TPSA) is 40.5 Å². The van der Waals surface area contributed by atoms with Gasteiger partial charge in [-0.15, -0.1) is 0 Å². The van der Waals surface area contributed by atoms with Crippen LogP contribution in [0, 0.1) is 29.1 Å². The normalized spacial score (nSPS) is 39.9. The predicted octanol–water partition coefficient (Wildman–Crippen LogP) is 4.39. The third-order valence-electron chi connectivity index (χ3n) is 6.91. The molecule has 2 aliphatic carbocycles. The number of fused-ring (bicyclic) bond motifs is 1. The summed E-state index contributed by atoms with van der Waals surface area (Å²) in [5.41, 5.74) is -0.197. The summed E-state index contributed by atoms with van der Waals surface area (Å²) in [5, 5.41) is 20.3. The molecule has 2 nitrogen and oxygen atoms in total. The maximum Gasteiger partial charge on any atom is 0.0591 e. The number of aliphatic hydroxyl groups is 2. The van der Waals surface area contributed by atoms with Gasteiger partial charge >= 0.3 is 0 Å². The van der Waals surface area contributed by atoms with Crippen LogP contribution in [0.5, 0.6) is 0 Å². The van der Waals surface area contributed by atoms with Crippen molar-refractivity contribution >= 4 is 0 Å². The molecule has 0 aliphatic heterocycles. The van der Waals surface area contributed by atoms with E-state index in [0.29, 0.717) is 23.2 Å². The van der Waals surface area contributed by atoms with Gasteiger partial charge in [-0.1, -0.05) is 27.2 Å². The molecule has 0 amide bonds. The van der Waals surface area contributed by atoms with E-state index in [1.54, 1.807) is 0 Å². The van der Waals surface area contributed by atoms with Crippen molar-refractivity contribution in [3.05, 3.63) is 0 Å². The number of rotatable bonds is 5. The summed E-state index contributed by atoms with van der Waals surface area (Å²) in [6.45, 7) is 11.0. The van der Waals surface area contributed by atoms with Crippen LogP contribution < -0.4 is 0 Å². The van der Waals surface area contributed by atoms with Gasteiger partial charge in [-0.25, -0.2) is 0 Å². The molecule has 0 saturated heterocycles. The Kier molecular flexibility index (Phi) is 5.10. The molecular formula is C19H36O2. The van der Waals surface area contributed by atoms with E-state index in [9.17, 15) is 10.2 Å². The van der Waals surface area contributed by atoms with Gasteiger partial charge in [-0.05, 0) is 81.5 Å². The second-order valence-corrected chi connectivity index (χ2v) is 8.94. The second-order valence-electron chi connectivity index (χ2n) is 8.94. The Bertz CT molecular complexity index is 346. The second kappa shape index (κ2) is 6.20. The van der Waals surface area contributed by atoms with Gasteiger partial charge in [0.25, 0.3) is 0 Å². The first kappa shape index (κ1) is 17.3. The van der Waals surface area contributed by atoms with Gasteiger partial charge in [-0.2, -0.15) is 0 Å². The summed E-state index contributed by atoms with van der Waals surface area (Å²) in [6.07, 6.45) is 7.91. The van der Waals surface area contributed by atoms with Crippen LogP contribution in [0.15, 0.2) is 0 Å². The standard InChI is InChI=1S/C19H36O2/c1-13(10-12-18(3,4)21)14(2)15-8-9-16-17(20)7-6-11-19(15,16)5/h13-17,20-21H,6-12H2,1-5H3/t13-,14+,15-,16+,17+,19-/m1/s1. The highest BCUT2D eigenvalue weighted by atomic mass is 16.3. The van der Waals surface area contributed by atoms with Crippen molar-refractivity contribution in [2.75, 3.05) is 0 Å². The number of hydrogen-bond donors (Lipinski definition) is 2. The van der Waals surface area contributed by atoms with E-state index in [0.717, 1.165) is 25.2 Å². The fourth-order valence-corrected chi connectivity index (χ4v) is 5.29. The molecule has 2 heteroatoms. The van der Waals surface area contributed by atoms with Crippen LogP contribution in [-0.4, -0.2) is 21.9 Å². The van der Waals surface area contributed by atoms with Crippen molar-refractivity contribution < 1.29 is 10.2 Å². The molecular weight excluding hydrogens is 260 g/mol. The monoisotopic (exact) mass is 296 g/mol. The number of hydrogen-bond acceptors (Lipinski definition) is 2. The van der Waals surface area contributed by atoms with E-state index in [1.165, 1.54) is 25.7 Å². The Morgan fingerprint density at radius 2 is 1.86 bits per heavy atom. The highest BCUT2D eigenvalue weighted by Crippen LogP contribution is 2.58. The maximum absolute atomic E-state index is 10.4. The van der Waals surface area contributed by atoms with Gasteiger partial charge in [0.1, 0.15) is 0 Å². The lowest BCUT2D eigenvalue weighted by molar-refractivity contribution is -0.0337. The van der Waals surface area contributed by atoms with Crippen LogP contribution in [0.25, 0.3) is 0 Å². The highest BCUT2D eigenvalue weighted by molar-refractivity contribution is 5.02. The molecule has 2 aliphatic rings. The molecule has 0 radical (unpaired) electrons. The Labute approximate surface area is 131 Å². The van der Waals surface area contributed by atoms with Gasteiger partial charge in [-0.3, -0.25) is 0 Å². The first-order valence-corrected chi connectivity index (χ1v) is 9.05. The van der Waals surface area contributed by atoms with E-state index in [4.69, 9.17) is 0 Å². The van der Waals surface area contributed by atoms with E-state index in [2.05, 4.69) is 20.8 Å². The molecule has 6 atom stereocenters. The zero-order valence-corrected chi connectivity index (χ0v) is 14.7. The minimum Gasteiger partial charge on any atom is -0.393 e. The minimum atomic E-state index is -0.545. The molecule has 0 unspecified atom stereocenters. The van der Waals surface area contributed by atoms with Gasteiger partial charge in [0.15, 0.2) is 0 Å². The quantitative estimate of drug-likeness (QED) is 0.790. The van der Waals surface area contributed by atoms with Gasteiger partial charge < -0.3 is 10.2 Å². The molecule has 0 spiro atoms. The van der Waals surface area contributed by atoms with Crippen molar-refractivity contribution in [2.24, 2.45) is 29.1 Å². The highest BCUT2D eigenvalue weighted by Gasteiger charge is 2.52. The Hall–Kier alpha value is -0.0800. The van der Waals surface area contributed by atoms with E-state index in [-0.39, 0.29) is 6.10 Å². The fourth-order valence-electron chi connectivity index (χ4n) is 5.29. The van der Waals surface area contributed by atoms with Crippen molar-refractivity contribution in [1.29, 1.82) is 0 Å². The smallest absolute Gasteiger partial charge is 0.0591 e. The molecule has 0 aromatic rings. The maximum atomic E-state index is 10.4. The first-order valence-electron chi connectivity index (χ1n) is 9.05. The van der Waals surface area contributed by atoms with Crippen LogP contribution in [0.3, 0.4) is 0 Å².